The van der Waals surface area contributed by atoms with Gasteiger partial charge in [0.2, 0.25) is 10.0 Å². The molecule has 0 unspecified atom stereocenters. The topological polar surface area (TPSA) is 46.2 Å². The Hall–Kier alpha value is -1.14. The zero-order valence-electron chi connectivity index (χ0n) is 10.8. The summed E-state index contributed by atoms with van der Waals surface area (Å²) in [4.78, 5) is 0. The van der Waals surface area contributed by atoms with E-state index >= 15 is 0 Å². The first-order valence-electron chi connectivity index (χ1n) is 6.01. The lowest BCUT2D eigenvalue weighted by Gasteiger charge is -2.08. The maximum atomic E-state index is 12.8. The van der Waals surface area contributed by atoms with Crippen LogP contribution in [-0.2, 0) is 22.3 Å². The second kappa shape index (κ2) is 6.75. The van der Waals surface area contributed by atoms with Gasteiger partial charge in [0.05, 0.1) is 15.8 Å². The molecule has 0 radical (unpaired) electrons. The van der Waals surface area contributed by atoms with E-state index in [9.17, 15) is 12.8 Å². The van der Waals surface area contributed by atoms with Crippen molar-refractivity contribution in [1.29, 1.82) is 0 Å². The van der Waals surface area contributed by atoms with E-state index in [0.29, 0.717) is 21.2 Å². The zero-order valence-corrected chi connectivity index (χ0v) is 13.1. The number of rotatable bonds is 5. The highest BCUT2D eigenvalue weighted by molar-refractivity contribution is 7.88. The van der Waals surface area contributed by atoms with Crippen molar-refractivity contribution in [3.8, 4) is 0 Å². The van der Waals surface area contributed by atoms with Crippen LogP contribution in [0, 0.1) is 5.82 Å². The van der Waals surface area contributed by atoms with Crippen LogP contribution >= 0.6 is 23.2 Å². The van der Waals surface area contributed by atoms with Crippen LogP contribution in [0.25, 0.3) is 0 Å². The lowest BCUT2D eigenvalue weighted by Crippen LogP contribution is -2.24. The number of nitrogens with one attached hydrogen (secondary N) is 1. The molecule has 21 heavy (non-hydrogen) atoms. The molecule has 0 heterocycles. The lowest BCUT2D eigenvalue weighted by molar-refractivity contribution is 0.580. The molecule has 1 N–H and O–H groups in total. The monoisotopic (exact) mass is 347 g/mol. The van der Waals surface area contributed by atoms with E-state index < -0.39 is 10.0 Å². The molecule has 0 atom stereocenters. The van der Waals surface area contributed by atoms with Crippen molar-refractivity contribution in [3.63, 3.8) is 0 Å². The Morgan fingerprint density at radius 2 is 1.57 bits per heavy atom. The van der Waals surface area contributed by atoms with Gasteiger partial charge >= 0.3 is 0 Å². The van der Waals surface area contributed by atoms with Crippen LogP contribution in [0.2, 0.25) is 10.0 Å². The molecule has 2 aromatic carbocycles. The quantitative estimate of drug-likeness (QED) is 0.895. The number of hydrogen-bond acceptors (Lipinski definition) is 2. The summed E-state index contributed by atoms with van der Waals surface area (Å²) in [5, 5.41) is 0.681. The Balaban J connectivity index is 2.01. The molecule has 2 rings (SSSR count). The molecule has 0 saturated heterocycles. The fraction of sp³-hybridized carbons (Fsp3) is 0.143. The molecule has 0 saturated carbocycles. The number of hydrogen-bond donors (Lipinski definition) is 1. The third kappa shape index (κ3) is 4.97. The zero-order chi connectivity index (χ0) is 15.5. The van der Waals surface area contributed by atoms with Gasteiger partial charge < -0.3 is 0 Å². The average Bonchev–Trinajstić information content (AvgIpc) is 2.42. The lowest BCUT2D eigenvalue weighted by atomic mass is 10.2. The summed E-state index contributed by atoms with van der Waals surface area (Å²) in [5.41, 5.74) is 1.21. The van der Waals surface area contributed by atoms with Gasteiger partial charge in [0, 0.05) is 6.54 Å². The van der Waals surface area contributed by atoms with E-state index in [2.05, 4.69) is 4.72 Å². The van der Waals surface area contributed by atoms with Crippen molar-refractivity contribution >= 4 is 33.2 Å². The largest absolute Gasteiger partial charge is 0.216 e. The Bertz CT molecular complexity index is 733. The van der Waals surface area contributed by atoms with Crippen LogP contribution in [0.15, 0.2) is 42.5 Å². The third-order valence-corrected chi connectivity index (χ3v) is 4.79. The molecule has 3 nitrogen and oxygen atoms in total. The van der Waals surface area contributed by atoms with Gasteiger partial charge in [0.1, 0.15) is 5.82 Å². The summed E-state index contributed by atoms with van der Waals surface area (Å²) in [5.74, 6) is -0.567. The van der Waals surface area contributed by atoms with Crippen LogP contribution in [0.3, 0.4) is 0 Å². The van der Waals surface area contributed by atoms with Gasteiger partial charge in [-0.3, -0.25) is 0 Å². The molecule has 0 aliphatic rings. The van der Waals surface area contributed by atoms with Gasteiger partial charge in [-0.2, -0.15) is 0 Å². The van der Waals surface area contributed by atoms with Gasteiger partial charge in [0.25, 0.3) is 0 Å². The number of benzene rings is 2. The molecule has 112 valence electrons. The summed E-state index contributed by atoms with van der Waals surface area (Å²) in [6, 6.07) is 10.3. The van der Waals surface area contributed by atoms with Crippen LogP contribution in [-0.4, -0.2) is 8.42 Å². The van der Waals surface area contributed by atoms with Crippen LogP contribution < -0.4 is 4.72 Å². The minimum absolute atomic E-state index is 0.101. The smallest absolute Gasteiger partial charge is 0.212 e. The second-order valence-electron chi connectivity index (χ2n) is 4.46. The molecule has 0 fully saturated rings. The molecule has 0 aromatic heterocycles. The standard InChI is InChI=1S/C14H12Cl2FNO2S/c15-13-6-3-11(7-14(13)16)9-21(19,20)18-8-10-1-4-12(17)5-2-10/h1-7,18H,8-9H2. The van der Waals surface area contributed by atoms with E-state index in [1.54, 1.807) is 12.1 Å². The Morgan fingerprint density at radius 1 is 0.952 bits per heavy atom. The predicted molar refractivity (Wildman–Crippen MR) is 82.3 cm³/mol. The molecule has 0 aliphatic carbocycles. The highest BCUT2D eigenvalue weighted by Crippen LogP contribution is 2.23. The molecule has 0 bridgehead atoms. The van der Waals surface area contributed by atoms with E-state index in [1.807, 2.05) is 0 Å². The number of halogens is 3. The van der Waals surface area contributed by atoms with Gasteiger partial charge in [-0.15, -0.1) is 0 Å². The first kappa shape index (κ1) is 16.2. The van der Waals surface area contributed by atoms with Crippen molar-refractivity contribution < 1.29 is 12.8 Å². The summed E-state index contributed by atoms with van der Waals surface area (Å²) in [6.45, 7) is 0.101. The molecule has 0 amide bonds. The summed E-state index contributed by atoms with van der Waals surface area (Å²) < 4.78 is 39.2. The Labute approximate surface area is 132 Å². The summed E-state index contributed by atoms with van der Waals surface area (Å²) in [6.07, 6.45) is 0. The maximum Gasteiger partial charge on any atom is 0.216 e. The Kier molecular flexibility index (Phi) is 5.22. The fourth-order valence-corrected chi connectivity index (χ4v) is 3.12. The maximum absolute atomic E-state index is 12.8. The van der Waals surface area contributed by atoms with E-state index in [-0.39, 0.29) is 18.1 Å². The SMILES string of the molecule is O=S(=O)(Cc1ccc(Cl)c(Cl)c1)NCc1ccc(F)cc1. The molecule has 7 heteroatoms. The summed E-state index contributed by atoms with van der Waals surface area (Å²) in [7, 11) is -3.52. The van der Waals surface area contributed by atoms with Crippen molar-refractivity contribution in [1.82, 2.24) is 4.72 Å². The van der Waals surface area contributed by atoms with Gasteiger partial charge in [-0.1, -0.05) is 41.4 Å². The van der Waals surface area contributed by atoms with Crippen LogP contribution in [0.5, 0.6) is 0 Å². The minimum atomic E-state index is -3.52. The number of sulfonamides is 1. The first-order chi connectivity index (χ1) is 9.85. The Morgan fingerprint density at radius 3 is 2.19 bits per heavy atom. The van der Waals surface area contributed by atoms with Crippen molar-refractivity contribution in [2.24, 2.45) is 0 Å². The van der Waals surface area contributed by atoms with E-state index in [0.717, 1.165) is 0 Å². The molecule has 2 aromatic rings. The second-order valence-corrected chi connectivity index (χ2v) is 7.08. The van der Waals surface area contributed by atoms with E-state index in [1.165, 1.54) is 30.3 Å². The van der Waals surface area contributed by atoms with Crippen LogP contribution in [0.1, 0.15) is 11.1 Å². The van der Waals surface area contributed by atoms with Gasteiger partial charge in [-0.05, 0) is 35.4 Å². The first-order valence-corrected chi connectivity index (χ1v) is 8.42. The minimum Gasteiger partial charge on any atom is -0.212 e. The van der Waals surface area contributed by atoms with Crippen molar-refractivity contribution in [3.05, 3.63) is 69.5 Å². The van der Waals surface area contributed by atoms with Crippen molar-refractivity contribution in [2.45, 2.75) is 12.3 Å². The normalized spacial score (nSPS) is 11.6. The van der Waals surface area contributed by atoms with Gasteiger partial charge in [-0.25, -0.2) is 17.5 Å². The molecule has 0 aliphatic heterocycles. The highest BCUT2D eigenvalue weighted by atomic mass is 35.5. The highest BCUT2D eigenvalue weighted by Gasteiger charge is 2.12. The molecule has 0 spiro atoms. The van der Waals surface area contributed by atoms with Gasteiger partial charge in [0.15, 0.2) is 0 Å². The van der Waals surface area contributed by atoms with E-state index in [4.69, 9.17) is 23.2 Å². The van der Waals surface area contributed by atoms with Crippen LogP contribution in [0.4, 0.5) is 4.39 Å². The van der Waals surface area contributed by atoms with Crippen molar-refractivity contribution in [2.75, 3.05) is 0 Å². The predicted octanol–water partition coefficient (Wildman–Crippen LogP) is 3.75. The average molecular weight is 348 g/mol. The fourth-order valence-electron chi connectivity index (χ4n) is 1.70. The summed E-state index contributed by atoms with van der Waals surface area (Å²) >= 11 is 11.6. The molecular formula is C14H12Cl2FNO2S. The third-order valence-electron chi connectivity index (χ3n) is 2.75. The molecular weight excluding hydrogens is 336 g/mol.